The van der Waals surface area contributed by atoms with Gasteiger partial charge in [0.15, 0.2) is 6.61 Å². The van der Waals surface area contributed by atoms with Crippen molar-refractivity contribution in [1.82, 2.24) is 5.32 Å². The number of amides is 1. The number of phenols is 1. The van der Waals surface area contributed by atoms with Crippen LogP contribution in [0.5, 0.6) is 5.75 Å². The van der Waals surface area contributed by atoms with E-state index in [1.807, 2.05) is 13.8 Å². The third kappa shape index (κ3) is 4.62. The van der Waals surface area contributed by atoms with E-state index in [4.69, 9.17) is 4.74 Å². The summed E-state index contributed by atoms with van der Waals surface area (Å²) in [5.74, 6) is -1.21. The van der Waals surface area contributed by atoms with E-state index in [-0.39, 0.29) is 29.9 Å². The highest BCUT2D eigenvalue weighted by Gasteiger charge is 2.15. The van der Waals surface area contributed by atoms with Crippen molar-refractivity contribution < 1.29 is 19.4 Å². The lowest BCUT2D eigenvalue weighted by Crippen LogP contribution is -2.35. The molecule has 5 heteroatoms. The molecule has 1 aromatic rings. The van der Waals surface area contributed by atoms with Gasteiger partial charge in [0.05, 0.1) is 0 Å². The van der Waals surface area contributed by atoms with E-state index in [0.29, 0.717) is 0 Å². The molecule has 0 aromatic heterocycles. The number of hydrogen-bond acceptors (Lipinski definition) is 4. The summed E-state index contributed by atoms with van der Waals surface area (Å²) in [5, 5.41) is 12.2. The number of esters is 1. The van der Waals surface area contributed by atoms with Gasteiger partial charge in [0.2, 0.25) is 0 Å². The molecule has 0 aliphatic rings. The van der Waals surface area contributed by atoms with E-state index in [0.717, 1.165) is 12.0 Å². The number of rotatable bonds is 5. The molecule has 104 valence electrons. The van der Waals surface area contributed by atoms with Crippen molar-refractivity contribution in [3.8, 4) is 5.75 Å². The predicted octanol–water partition coefficient (Wildman–Crippen LogP) is 1.77. The molecular formula is C14H19NO4. The van der Waals surface area contributed by atoms with Gasteiger partial charge in [-0.15, -0.1) is 0 Å². The first-order valence-corrected chi connectivity index (χ1v) is 6.20. The van der Waals surface area contributed by atoms with Gasteiger partial charge >= 0.3 is 5.97 Å². The van der Waals surface area contributed by atoms with E-state index in [2.05, 4.69) is 5.32 Å². The average molecular weight is 265 g/mol. The summed E-state index contributed by atoms with van der Waals surface area (Å²) in [6, 6.07) is 4.66. The molecule has 0 heterocycles. The number of hydrogen-bond donors (Lipinski definition) is 2. The Balaban J connectivity index is 2.56. The molecule has 19 heavy (non-hydrogen) atoms. The molecule has 0 bridgehead atoms. The number of benzene rings is 1. The molecule has 0 aliphatic heterocycles. The molecule has 0 spiro atoms. The molecule has 0 aliphatic carbocycles. The van der Waals surface area contributed by atoms with Gasteiger partial charge in [0.25, 0.3) is 5.91 Å². The van der Waals surface area contributed by atoms with E-state index in [1.165, 1.54) is 12.1 Å². The topological polar surface area (TPSA) is 75.6 Å². The Morgan fingerprint density at radius 1 is 1.42 bits per heavy atom. The summed E-state index contributed by atoms with van der Waals surface area (Å²) in [6.45, 7) is 5.26. The van der Waals surface area contributed by atoms with E-state index in [1.54, 1.807) is 13.0 Å². The number of phenolic OH excluding ortho intramolecular Hbond substituents is 1. The maximum Gasteiger partial charge on any atom is 0.342 e. The van der Waals surface area contributed by atoms with Crippen molar-refractivity contribution in [1.29, 1.82) is 0 Å². The normalized spacial score (nSPS) is 11.7. The monoisotopic (exact) mass is 265 g/mol. The van der Waals surface area contributed by atoms with Gasteiger partial charge in [-0.2, -0.15) is 0 Å². The van der Waals surface area contributed by atoms with Gasteiger partial charge in [-0.1, -0.05) is 18.6 Å². The Hall–Kier alpha value is -2.04. The molecule has 0 radical (unpaired) electrons. The summed E-state index contributed by atoms with van der Waals surface area (Å²) in [4.78, 5) is 23.2. The lowest BCUT2D eigenvalue weighted by Gasteiger charge is -2.11. The lowest BCUT2D eigenvalue weighted by molar-refractivity contribution is -0.124. The second kappa shape index (κ2) is 6.78. The second-order valence-electron chi connectivity index (χ2n) is 4.47. The van der Waals surface area contributed by atoms with Crippen LogP contribution in [0, 0.1) is 6.92 Å². The fourth-order valence-electron chi connectivity index (χ4n) is 1.44. The first-order valence-electron chi connectivity index (χ1n) is 6.20. The zero-order valence-electron chi connectivity index (χ0n) is 11.4. The summed E-state index contributed by atoms with van der Waals surface area (Å²) in [7, 11) is 0. The minimum Gasteiger partial charge on any atom is -0.507 e. The number of nitrogens with one attached hydrogen (secondary N) is 1. The molecule has 0 unspecified atom stereocenters. The standard InChI is InChI=1S/C14H19NO4/c1-4-10(3)15-13(17)8-19-14(18)11-7-9(2)5-6-12(11)16/h5-7,10,16H,4,8H2,1-3H3,(H,15,17)/t10-/m1/s1. The van der Waals surface area contributed by atoms with Crippen LogP contribution >= 0.6 is 0 Å². The average Bonchev–Trinajstić information content (AvgIpc) is 2.38. The molecule has 0 saturated heterocycles. The lowest BCUT2D eigenvalue weighted by atomic mass is 10.1. The van der Waals surface area contributed by atoms with Crippen LogP contribution in [0.4, 0.5) is 0 Å². The van der Waals surface area contributed by atoms with Crippen LogP contribution in [0.3, 0.4) is 0 Å². The smallest absolute Gasteiger partial charge is 0.342 e. The number of aryl methyl sites for hydroxylation is 1. The van der Waals surface area contributed by atoms with Crippen LogP contribution < -0.4 is 5.32 Å². The quantitative estimate of drug-likeness (QED) is 0.796. The largest absolute Gasteiger partial charge is 0.507 e. The first kappa shape index (κ1) is 15.0. The molecular weight excluding hydrogens is 246 g/mol. The van der Waals surface area contributed by atoms with Crippen LogP contribution in [0.1, 0.15) is 36.2 Å². The van der Waals surface area contributed by atoms with Gasteiger partial charge < -0.3 is 15.2 Å². The first-order chi connectivity index (χ1) is 8.93. The van der Waals surface area contributed by atoms with Gasteiger partial charge in [-0.3, -0.25) is 4.79 Å². The number of aromatic hydroxyl groups is 1. The highest BCUT2D eigenvalue weighted by molar-refractivity contribution is 5.94. The highest BCUT2D eigenvalue weighted by Crippen LogP contribution is 2.18. The van der Waals surface area contributed by atoms with Crippen molar-refractivity contribution in [2.24, 2.45) is 0 Å². The number of carbonyl (C=O) groups excluding carboxylic acids is 2. The summed E-state index contributed by atoms with van der Waals surface area (Å²) < 4.78 is 4.86. The maximum absolute atomic E-state index is 11.7. The molecule has 1 rings (SSSR count). The van der Waals surface area contributed by atoms with E-state index < -0.39 is 5.97 Å². The van der Waals surface area contributed by atoms with Crippen LogP contribution in [-0.4, -0.2) is 29.6 Å². The third-order valence-corrected chi connectivity index (χ3v) is 2.73. The summed E-state index contributed by atoms with van der Waals surface area (Å²) in [5.41, 5.74) is 0.894. The fraction of sp³-hybridized carbons (Fsp3) is 0.429. The third-order valence-electron chi connectivity index (χ3n) is 2.73. The van der Waals surface area contributed by atoms with Gasteiger partial charge in [-0.25, -0.2) is 4.79 Å². The van der Waals surface area contributed by atoms with Crippen LogP contribution in [0.2, 0.25) is 0 Å². The molecule has 1 aromatic carbocycles. The van der Waals surface area contributed by atoms with Crippen LogP contribution in [-0.2, 0) is 9.53 Å². The molecule has 5 nitrogen and oxygen atoms in total. The van der Waals surface area contributed by atoms with Crippen LogP contribution in [0.15, 0.2) is 18.2 Å². The van der Waals surface area contributed by atoms with E-state index in [9.17, 15) is 14.7 Å². The van der Waals surface area contributed by atoms with Crippen molar-refractivity contribution in [3.63, 3.8) is 0 Å². The summed E-state index contributed by atoms with van der Waals surface area (Å²) >= 11 is 0. The van der Waals surface area contributed by atoms with Gasteiger partial charge in [0.1, 0.15) is 11.3 Å². The minimum atomic E-state index is -0.708. The van der Waals surface area contributed by atoms with Gasteiger partial charge in [0, 0.05) is 6.04 Å². The highest BCUT2D eigenvalue weighted by atomic mass is 16.5. The van der Waals surface area contributed by atoms with Crippen LogP contribution in [0.25, 0.3) is 0 Å². The number of ether oxygens (including phenoxy) is 1. The Morgan fingerprint density at radius 3 is 2.74 bits per heavy atom. The maximum atomic E-state index is 11.7. The molecule has 1 amide bonds. The van der Waals surface area contributed by atoms with Crippen molar-refractivity contribution in [2.75, 3.05) is 6.61 Å². The zero-order chi connectivity index (χ0) is 14.4. The molecule has 0 saturated carbocycles. The Bertz CT molecular complexity index is 471. The fourth-order valence-corrected chi connectivity index (χ4v) is 1.44. The van der Waals surface area contributed by atoms with Crippen molar-refractivity contribution in [2.45, 2.75) is 33.2 Å². The molecule has 2 N–H and O–H groups in total. The van der Waals surface area contributed by atoms with Gasteiger partial charge in [-0.05, 0) is 32.4 Å². The van der Waals surface area contributed by atoms with E-state index >= 15 is 0 Å². The zero-order valence-corrected chi connectivity index (χ0v) is 11.4. The predicted molar refractivity (Wildman–Crippen MR) is 71.0 cm³/mol. The number of carbonyl (C=O) groups is 2. The minimum absolute atomic E-state index is 0.0403. The summed E-state index contributed by atoms with van der Waals surface area (Å²) in [6.07, 6.45) is 0.804. The Kier molecular flexibility index (Phi) is 5.36. The SMILES string of the molecule is CC[C@@H](C)NC(=O)COC(=O)c1cc(C)ccc1O. The second-order valence-corrected chi connectivity index (χ2v) is 4.47. The Morgan fingerprint density at radius 2 is 2.11 bits per heavy atom. The molecule has 1 atom stereocenters. The molecule has 0 fully saturated rings. The van der Waals surface area contributed by atoms with Crippen molar-refractivity contribution >= 4 is 11.9 Å². The Labute approximate surface area is 112 Å². The van der Waals surface area contributed by atoms with Crippen molar-refractivity contribution in [3.05, 3.63) is 29.3 Å².